The van der Waals surface area contributed by atoms with E-state index in [-0.39, 0.29) is 48.7 Å². The molecular formula is C39H65N5O7. The Balaban J connectivity index is 3.31. The van der Waals surface area contributed by atoms with Crippen molar-refractivity contribution in [1.82, 2.24) is 26.6 Å². The van der Waals surface area contributed by atoms with Crippen LogP contribution in [0.4, 0.5) is 4.79 Å². The predicted octanol–water partition coefficient (Wildman–Crippen LogP) is 4.98. The first-order valence-corrected chi connectivity index (χ1v) is 18.3. The van der Waals surface area contributed by atoms with E-state index < -0.39 is 59.1 Å². The summed E-state index contributed by atoms with van der Waals surface area (Å²) in [6.45, 7) is 22.2. The zero-order valence-electron chi connectivity index (χ0n) is 33.0. The molecule has 0 aliphatic carbocycles. The van der Waals surface area contributed by atoms with Crippen molar-refractivity contribution in [3.05, 3.63) is 35.9 Å². The van der Waals surface area contributed by atoms with Crippen LogP contribution < -0.4 is 26.6 Å². The number of benzene rings is 1. The quantitative estimate of drug-likeness (QED) is 0.134. The Morgan fingerprint density at radius 3 is 1.71 bits per heavy atom. The maximum Gasteiger partial charge on any atom is 0.408 e. The van der Waals surface area contributed by atoms with Crippen LogP contribution in [0.15, 0.2) is 30.3 Å². The molecule has 0 aliphatic rings. The molecule has 51 heavy (non-hydrogen) atoms. The van der Waals surface area contributed by atoms with Crippen LogP contribution in [-0.2, 0) is 35.1 Å². The third-order valence-electron chi connectivity index (χ3n) is 7.95. The third kappa shape index (κ3) is 18.7. The summed E-state index contributed by atoms with van der Waals surface area (Å²) in [5.41, 5.74) is -0.424. The SMILES string of the molecule is CC[C@H](C)[C@H](NC(=O)[C@H](CC(C)C)NC(=O)OC(C)(C)C)C(=O)N[C@@H](Cc1ccccc1)C(=O)N[C@@H](CC(C)C)C(=O)CCC(=O)NC(C)(C)C. The van der Waals surface area contributed by atoms with Crippen molar-refractivity contribution in [3.8, 4) is 0 Å². The first-order chi connectivity index (χ1) is 23.5. The number of amides is 5. The second-order valence-electron chi connectivity index (χ2n) is 16.4. The van der Waals surface area contributed by atoms with Gasteiger partial charge in [0.1, 0.15) is 23.7 Å². The normalized spacial score (nSPS) is 14.8. The fourth-order valence-electron chi connectivity index (χ4n) is 5.34. The minimum absolute atomic E-state index is 0.0123. The number of ether oxygens (including phenoxy) is 1. The molecule has 0 saturated heterocycles. The summed E-state index contributed by atoms with van der Waals surface area (Å²) in [5.74, 6) is -2.42. The lowest BCUT2D eigenvalue weighted by molar-refractivity contribution is -0.135. The Labute approximate surface area is 305 Å². The van der Waals surface area contributed by atoms with Crippen molar-refractivity contribution >= 4 is 35.5 Å². The van der Waals surface area contributed by atoms with E-state index in [1.807, 2.05) is 92.6 Å². The van der Waals surface area contributed by atoms with Gasteiger partial charge in [-0.2, -0.15) is 0 Å². The number of Topliss-reactive ketones (excluding diaryl/α,β-unsaturated/α-hetero) is 1. The number of ketones is 1. The van der Waals surface area contributed by atoms with Crippen LogP contribution in [0.5, 0.6) is 0 Å². The van der Waals surface area contributed by atoms with Gasteiger partial charge in [0.05, 0.1) is 6.04 Å². The first-order valence-electron chi connectivity index (χ1n) is 18.3. The Morgan fingerprint density at radius 1 is 0.667 bits per heavy atom. The molecule has 12 heteroatoms. The Morgan fingerprint density at radius 2 is 1.20 bits per heavy atom. The van der Waals surface area contributed by atoms with Gasteiger partial charge in [-0.1, -0.05) is 78.3 Å². The highest BCUT2D eigenvalue weighted by Gasteiger charge is 2.34. The van der Waals surface area contributed by atoms with E-state index in [9.17, 15) is 28.8 Å². The summed E-state index contributed by atoms with van der Waals surface area (Å²) in [7, 11) is 0. The van der Waals surface area contributed by atoms with E-state index in [0.29, 0.717) is 19.3 Å². The van der Waals surface area contributed by atoms with Crippen molar-refractivity contribution in [2.45, 2.75) is 157 Å². The van der Waals surface area contributed by atoms with E-state index in [2.05, 4.69) is 26.6 Å². The number of alkyl carbamates (subject to hydrolysis) is 1. The molecular weight excluding hydrogens is 650 g/mol. The number of hydrogen-bond acceptors (Lipinski definition) is 7. The molecule has 1 rings (SSSR count). The lowest BCUT2D eigenvalue weighted by Crippen LogP contribution is -2.60. The number of carbonyl (C=O) groups is 6. The van der Waals surface area contributed by atoms with Crippen LogP contribution in [0.3, 0.4) is 0 Å². The molecule has 0 unspecified atom stereocenters. The van der Waals surface area contributed by atoms with Crippen LogP contribution in [0.1, 0.15) is 121 Å². The molecule has 0 bridgehead atoms. The average molecular weight is 716 g/mol. The van der Waals surface area contributed by atoms with Crippen molar-refractivity contribution in [1.29, 1.82) is 0 Å². The number of nitrogens with one attached hydrogen (secondary N) is 5. The molecule has 288 valence electrons. The van der Waals surface area contributed by atoms with Crippen LogP contribution in [0.25, 0.3) is 0 Å². The lowest BCUT2D eigenvalue weighted by Gasteiger charge is -2.30. The molecule has 0 spiro atoms. The van der Waals surface area contributed by atoms with Gasteiger partial charge in [-0.25, -0.2) is 4.79 Å². The van der Waals surface area contributed by atoms with Gasteiger partial charge in [0.15, 0.2) is 5.78 Å². The summed E-state index contributed by atoms with van der Waals surface area (Å²) in [5, 5.41) is 14.1. The van der Waals surface area contributed by atoms with Gasteiger partial charge in [-0.15, -0.1) is 0 Å². The van der Waals surface area contributed by atoms with Gasteiger partial charge in [-0.3, -0.25) is 24.0 Å². The van der Waals surface area contributed by atoms with Crippen LogP contribution in [0.2, 0.25) is 0 Å². The van der Waals surface area contributed by atoms with Crippen molar-refractivity contribution in [2.24, 2.45) is 17.8 Å². The van der Waals surface area contributed by atoms with Gasteiger partial charge in [0, 0.05) is 24.8 Å². The minimum Gasteiger partial charge on any atom is -0.444 e. The molecule has 0 aliphatic heterocycles. The molecule has 5 atom stereocenters. The maximum atomic E-state index is 14.0. The van der Waals surface area contributed by atoms with E-state index in [4.69, 9.17) is 4.74 Å². The van der Waals surface area contributed by atoms with Gasteiger partial charge < -0.3 is 31.3 Å². The smallest absolute Gasteiger partial charge is 0.408 e. The standard InChI is InChI=1S/C39H65N5O7/c1-13-26(6)33(43-35(48)29(22-25(4)5)42-37(50)51-39(10,11)12)36(49)41-30(23-27-17-15-14-16-18-27)34(47)40-28(21-24(2)3)31(45)19-20-32(46)44-38(7,8)9/h14-18,24-26,28-30,33H,13,19-23H2,1-12H3,(H,40,47)(H,41,49)(H,42,50)(H,43,48)(H,44,46)/t26-,28-,29-,30-,33-/m0/s1. The van der Waals surface area contributed by atoms with Gasteiger partial charge >= 0.3 is 6.09 Å². The molecule has 0 saturated carbocycles. The first kappa shape index (κ1) is 45.1. The summed E-state index contributed by atoms with van der Waals surface area (Å²) < 4.78 is 5.38. The number of rotatable bonds is 19. The molecule has 0 radical (unpaired) electrons. The molecule has 5 amide bonds. The second-order valence-corrected chi connectivity index (χ2v) is 16.4. The van der Waals surface area contributed by atoms with E-state index in [0.717, 1.165) is 5.56 Å². The molecule has 0 fully saturated rings. The predicted molar refractivity (Wildman–Crippen MR) is 200 cm³/mol. The monoisotopic (exact) mass is 715 g/mol. The van der Waals surface area contributed by atoms with E-state index in [1.54, 1.807) is 20.8 Å². The zero-order valence-corrected chi connectivity index (χ0v) is 33.0. The van der Waals surface area contributed by atoms with Crippen molar-refractivity contribution in [3.63, 3.8) is 0 Å². The van der Waals surface area contributed by atoms with Gasteiger partial charge in [0.2, 0.25) is 23.6 Å². The Hall–Kier alpha value is -3.96. The zero-order chi connectivity index (χ0) is 39.1. The summed E-state index contributed by atoms with van der Waals surface area (Å²) in [6, 6.07) is 5.24. The molecule has 0 heterocycles. The highest BCUT2D eigenvalue weighted by atomic mass is 16.6. The van der Waals surface area contributed by atoms with Gasteiger partial charge in [0.25, 0.3) is 0 Å². The van der Waals surface area contributed by atoms with Crippen molar-refractivity contribution in [2.75, 3.05) is 0 Å². The summed E-state index contributed by atoms with van der Waals surface area (Å²) in [4.78, 5) is 80.0. The molecule has 12 nitrogen and oxygen atoms in total. The largest absolute Gasteiger partial charge is 0.444 e. The Bertz CT molecular complexity index is 1300. The average Bonchev–Trinajstić information content (AvgIpc) is 2.99. The topological polar surface area (TPSA) is 172 Å². The highest BCUT2D eigenvalue weighted by molar-refractivity contribution is 5.96. The summed E-state index contributed by atoms with van der Waals surface area (Å²) in [6.07, 6.45) is 0.524. The highest BCUT2D eigenvalue weighted by Crippen LogP contribution is 2.15. The third-order valence-corrected chi connectivity index (χ3v) is 7.95. The Kier molecular flexibility index (Phi) is 18.4. The van der Waals surface area contributed by atoms with Gasteiger partial charge in [-0.05, 0) is 77.7 Å². The van der Waals surface area contributed by atoms with Crippen LogP contribution >= 0.6 is 0 Å². The molecule has 5 N–H and O–H groups in total. The second kappa shape index (κ2) is 20.8. The van der Waals surface area contributed by atoms with E-state index >= 15 is 0 Å². The van der Waals surface area contributed by atoms with Crippen molar-refractivity contribution < 1.29 is 33.5 Å². The number of carbonyl (C=O) groups excluding carboxylic acids is 6. The lowest BCUT2D eigenvalue weighted by atomic mass is 9.95. The van der Waals surface area contributed by atoms with E-state index in [1.165, 1.54) is 0 Å². The van der Waals surface area contributed by atoms with Crippen LogP contribution in [-0.4, -0.2) is 70.8 Å². The molecule has 1 aromatic rings. The minimum atomic E-state index is -1.08. The fraction of sp³-hybridized carbons (Fsp3) is 0.692. The summed E-state index contributed by atoms with van der Waals surface area (Å²) >= 11 is 0. The fourth-order valence-corrected chi connectivity index (χ4v) is 5.34. The molecule has 0 aromatic heterocycles. The van der Waals surface area contributed by atoms with Crippen LogP contribution in [0, 0.1) is 17.8 Å². The molecule has 1 aromatic carbocycles. The maximum absolute atomic E-state index is 14.0. The number of hydrogen-bond donors (Lipinski definition) is 5.